The van der Waals surface area contributed by atoms with Gasteiger partial charge in [-0.05, 0) is 19.0 Å². The summed E-state index contributed by atoms with van der Waals surface area (Å²) in [5.74, 6) is 0. The third kappa shape index (κ3) is 3.15. The van der Waals surface area contributed by atoms with E-state index in [1.165, 1.54) is 5.56 Å². The zero-order chi connectivity index (χ0) is 14.7. The maximum Gasteiger partial charge on any atom is 0.193 e. The molecule has 1 unspecified atom stereocenters. The monoisotopic (exact) mass is 301 g/mol. The highest BCUT2D eigenvalue weighted by Gasteiger charge is 2.17. The molecule has 0 aliphatic carbocycles. The van der Waals surface area contributed by atoms with Crippen LogP contribution < -0.4 is 0 Å². The Kier molecular flexibility index (Phi) is 4.34. The summed E-state index contributed by atoms with van der Waals surface area (Å²) in [5.41, 5.74) is 2.29. The molecule has 1 N–H and O–H groups in total. The molecule has 4 nitrogen and oxygen atoms in total. The first-order chi connectivity index (χ1) is 10.3. The molecule has 0 radical (unpaired) electrons. The molecule has 110 valence electrons. The van der Waals surface area contributed by atoms with Crippen molar-refractivity contribution in [1.29, 1.82) is 0 Å². The number of aliphatic hydroxyl groups is 1. The van der Waals surface area contributed by atoms with Crippen LogP contribution in [0.5, 0.6) is 0 Å². The van der Waals surface area contributed by atoms with E-state index in [1.807, 2.05) is 29.8 Å². The Morgan fingerprint density at radius 2 is 2.14 bits per heavy atom. The van der Waals surface area contributed by atoms with Crippen LogP contribution in [0.15, 0.2) is 48.1 Å². The van der Waals surface area contributed by atoms with Crippen LogP contribution >= 0.6 is 11.3 Å². The fourth-order valence-corrected chi connectivity index (χ4v) is 3.38. The van der Waals surface area contributed by atoms with Crippen molar-refractivity contribution in [2.24, 2.45) is 0 Å². The van der Waals surface area contributed by atoms with Crippen LogP contribution in [0.2, 0.25) is 0 Å². The smallest absolute Gasteiger partial charge is 0.193 e. The lowest BCUT2D eigenvalue weighted by Crippen LogP contribution is -2.25. The molecule has 0 saturated heterocycles. The number of fused-ring (bicyclic) bond motifs is 1. The van der Waals surface area contributed by atoms with E-state index < -0.39 is 0 Å². The second kappa shape index (κ2) is 6.39. The van der Waals surface area contributed by atoms with E-state index in [0.29, 0.717) is 0 Å². The first-order valence-electron chi connectivity index (χ1n) is 7.05. The number of imidazole rings is 1. The number of hydrogen-bond donors (Lipinski definition) is 1. The fraction of sp³-hybridized carbons (Fsp3) is 0.312. The molecule has 21 heavy (non-hydrogen) atoms. The van der Waals surface area contributed by atoms with Gasteiger partial charge in [-0.3, -0.25) is 9.30 Å². The number of aliphatic hydroxyl groups excluding tert-OH is 1. The van der Waals surface area contributed by atoms with E-state index in [0.717, 1.165) is 23.6 Å². The lowest BCUT2D eigenvalue weighted by atomic mass is 10.0. The molecule has 1 atom stereocenters. The maximum absolute atomic E-state index is 9.35. The Bertz CT molecular complexity index is 663. The molecule has 2 heterocycles. The second-order valence-corrected chi connectivity index (χ2v) is 6.05. The lowest BCUT2D eigenvalue weighted by Gasteiger charge is -2.27. The number of nitrogens with zero attached hydrogens (tertiary/aromatic N) is 3. The van der Waals surface area contributed by atoms with Crippen molar-refractivity contribution in [3.8, 4) is 0 Å². The van der Waals surface area contributed by atoms with Gasteiger partial charge < -0.3 is 5.11 Å². The Hall–Kier alpha value is -1.69. The number of aromatic nitrogens is 2. The Morgan fingerprint density at radius 1 is 1.33 bits per heavy atom. The minimum absolute atomic E-state index is 0.183. The standard InChI is InChI=1S/C16H19N3OS/c1-18(11-14-12-19-8-10-21-16(19)17-14)15(7-9-20)13-5-3-2-4-6-13/h2-6,8,10,12,15,20H,7,9,11H2,1H3. The van der Waals surface area contributed by atoms with Crippen molar-refractivity contribution in [1.82, 2.24) is 14.3 Å². The van der Waals surface area contributed by atoms with Gasteiger partial charge in [-0.2, -0.15) is 0 Å². The van der Waals surface area contributed by atoms with E-state index in [4.69, 9.17) is 0 Å². The molecule has 3 rings (SSSR count). The van der Waals surface area contributed by atoms with E-state index in [1.54, 1.807) is 11.3 Å². The molecule has 1 aromatic carbocycles. The maximum atomic E-state index is 9.35. The highest BCUT2D eigenvalue weighted by molar-refractivity contribution is 7.15. The largest absolute Gasteiger partial charge is 0.396 e. The molecule has 5 heteroatoms. The number of hydrogen-bond acceptors (Lipinski definition) is 4. The van der Waals surface area contributed by atoms with Crippen molar-refractivity contribution in [3.63, 3.8) is 0 Å². The summed E-state index contributed by atoms with van der Waals surface area (Å²) in [4.78, 5) is 7.90. The predicted octanol–water partition coefficient (Wildman–Crippen LogP) is 2.95. The van der Waals surface area contributed by atoms with Gasteiger partial charge in [-0.1, -0.05) is 30.3 Å². The first-order valence-corrected chi connectivity index (χ1v) is 7.93. The van der Waals surface area contributed by atoms with Gasteiger partial charge in [0, 0.05) is 37.0 Å². The summed E-state index contributed by atoms with van der Waals surface area (Å²) in [6.45, 7) is 0.955. The van der Waals surface area contributed by atoms with Crippen molar-refractivity contribution in [3.05, 3.63) is 59.4 Å². The van der Waals surface area contributed by atoms with Crippen molar-refractivity contribution >= 4 is 16.3 Å². The van der Waals surface area contributed by atoms with Crippen LogP contribution in [-0.2, 0) is 6.54 Å². The SMILES string of the molecule is CN(Cc1cn2ccsc2n1)C(CCO)c1ccccc1. The first kappa shape index (κ1) is 14.3. The molecule has 3 aromatic rings. The molecule has 0 fully saturated rings. The minimum Gasteiger partial charge on any atom is -0.396 e. The summed E-state index contributed by atoms with van der Waals surface area (Å²) in [6.07, 6.45) is 4.82. The third-order valence-corrected chi connectivity index (χ3v) is 4.44. The third-order valence-electron chi connectivity index (χ3n) is 3.67. The van der Waals surface area contributed by atoms with Crippen molar-refractivity contribution < 1.29 is 5.11 Å². The zero-order valence-corrected chi connectivity index (χ0v) is 12.8. The molecule has 2 aromatic heterocycles. The van der Waals surface area contributed by atoms with Gasteiger partial charge in [0.1, 0.15) is 0 Å². The summed E-state index contributed by atoms with van der Waals surface area (Å²) >= 11 is 1.64. The van der Waals surface area contributed by atoms with Gasteiger partial charge in [0.2, 0.25) is 0 Å². The topological polar surface area (TPSA) is 40.8 Å². The van der Waals surface area contributed by atoms with Gasteiger partial charge in [0.15, 0.2) is 4.96 Å². The van der Waals surface area contributed by atoms with Crippen LogP contribution in [0.1, 0.15) is 23.7 Å². The molecular weight excluding hydrogens is 282 g/mol. The van der Waals surface area contributed by atoms with Gasteiger partial charge in [0.25, 0.3) is 0 Å². The number of thiazole rings is 1. The Morgan fingerprint density at radius 3 is 2.86 bits per heavy atom. The van der Waals surface area contributed by atoms with Crippen LogP contribution in [-0.4, -0.2) is 33.0 Å². The average molecular weight is 301 g/mol. The summed E-state index contributed by atoms with van der Waals surface area (Å²) in [7, 11) is 2.08. The predicted molar refractivity (Wildman–Crippen MR) is 85.4 cm³/mol. The van der Waals surface area contributed by atoms with Gasteiger partial charge in [-0.25, -0.2) is 4.98 Å². The van der Waals surface area contributed by atoms with Gasteiger partial charge in [-0.15, -0.1) is 11.3 Å². The molecule has 0 spiro atoms. The molecule has 0 amide bonds. The normalized spacial score (nSPS) is 13.1. The molecular formula is C16H19N3OS. The number of rotatable bonds is 6. The van der Waals surface area contributed by atoms with Gasteiger partial charge in [0.05, 0.1) is 5.69 Å². The van der Waals surface area contributed by atoms with E-state index in [2.05, 4.69) is 39.7 Å². The van der Waals surface area contributed by atoms with Gasteiger partial charge >= 0.3 is 0 Å². The Balaban J connectivity index is 1.77. The quantitative estimate of drug-likeness (QED) is 0.761. The van der Waals surface area contributed by atoms with Crippen LogP contribution in [0.3, 0.4) is 0 Å². The van der Waals surface area contributed by atoms with Crippen molar-refractivity contribution in [2.75, 3.05) is 13.7 Å². The number of benzene rings is 1. The highest BCUT2D eigenvalue weighted by Crippen LogP contribution is 2.24. The molecule has 0 aliphatic heterocycles. The van der Waals surface area contributed by atoms with Crippen LogP contribution in [0.4, 0.5) is 0 Å². The second-order valence-electron chi connectivity index (χ2n) is 5.18. The van der Waals surface area contributed by atoms with Crippen LogP contribution in [0, 0.1) is 0 Å². The summed E-state index contributed by atoms with van der Waals surface area (Å²) < 4.78 is 2.05. The lowest BCUT2D eigenvalue weighted by molar-refractivity contribution is 0.179. The highest BCUT2D eigenvalue weighted by atomic mass is 32.1. The van der Waals surface area contributed by atoms with Crippen LogP contribution in [0.25, 0.3) is 4.96 Å². The molecule has 0 saturated carbocycles. The van der Waals surface area contributed by atoms with E-state index >= 15 is 0 Å². The summed E-state index contributed by atoms with van der Waals surface area (Å²) in [5, 5.41) is 11.4. The minimum atomic E-state index is 0.183. The van der Waals surface area contributed by atoms with E-state index in [9.17, 15) is 5.11 Å². The fourth-order valence-electron chi connectivity index (χ4n) is 2.66. The Labute approximate surface area is 128 Å². The van der Waals surface area contributed by atoms with Crippen molar-refractivity contribution in [2.45, 2.75) is 19.0 Å². The van der Waals surface area contributed by atoms with E-state index in [-0.39, 0.29) is 12.6 Å². The zero-order valence-electron chi connectivity index (χ0n) is 12.0. The molecule has 0 bridgehead atoms. The summed E-state index contributed by atoms with van der Waals surface area (Å²) in [6, 6.07) is 10.5. The average Bonchev–Trinajstić information content (AvgIpc) is 3.06. The molecule has 0 aliphatic rings.